The molecule has 1 saturated carbocycles. The third kappa shape index (κ3) is 5.14. The van der Waals surface area contributed by atoms with E-state index in [9.17, 15) is 0 Å². The zero-order valence-electron chi connectivity index (χ0n) is 14.9. The van der Waals surface area contributed by atoms with Crippen molar-refractivity contribution in [3.05, 3.63) is 29.8 Å². The van der Waals surface area contributed by atoms with Crippen LogP contribution in [0.4, 0.5) is 0 Å². The molecule has 1 aliphatic carbocycles. The van der Waals surface area contributed by atoms with E-state index in [1.165, 1.54) is 62.8 Å². The van der Waals surface area contributed by atoms with Crippen LogP contribution in [0.15, 0.2) is 29.3 Å². The highest BCUT2D eigenvalue weighted by atomic mass is 35.5. The molecule has 2 aliphatic rings. The van der Waals surface area contributed by atoms with Crippen LogP contribution >= 0.6 is 12.4 Å². The predicted octanol–water partition coefficient (Wildman–Crippen LogP) is 4.92. The molecule has 0 spiro atoms. The number of rotatable bonds is 4. The Morgan fingerprint density at radius 3 is 2.67 bits per heavy atom. The maximum Gasteiger partial charge on any atom is 0.119 e. The largest absolute Gasteiger partial charge is 0.497 e. The van der Waals surface area contributed by atoms with E-state index in [2.05, 4.69) is 23.5 Å². The summed E-state index contributed by atoms with van der Waals surface area (Å²) in [5.74, 6) is 2.22. The second-order valence-corrected chi connectivity index (χ2v) is 7.13. The van der Waals surface area contributed by atoms with Crippen molar-refractivity contribution in [2.24, 2.45) is 4.99 Å². The highest BCUT2D eigenvalue weighted by Gasteiger charge is 2.33. The van der Waals surface area contributed by atoms with Crippen molar-refractivity contribution in [2.75, 3.05) is 13.7 Å². The lowest BCUT2D eigenvalue weighted by Crippen LogP contribution is -2.51. The van der Waals surface area contributed by atoms with Crippen LogP contribution in [0.1, 0.15) is 63.4 Å². The molecular weight excluding hydrogens is 320 g/mol. The van der Waals surface area contributed by atoms with Crippen LogP contribution in [0.3, 0.4) is 0 Å². The van der Waals surface area contributed by atoms with Gasteiger partial charge in [0.2, 0.25) is 0 Å². The number of ether oxygens (including phenoxy) is 1. The van der Waals surface area contributed by atoms with Gasteiger partial charge in [-0.2, -0.15) is 0 Å². The molecule has 3 rings (SSSR count). The van der Waals surface area contributed by atoms with Crippen molar-refractivity contribution in [1.82, 2.24) is 5.32 Å². The van der Waals surface area contributed by atoms with Gasteiger partial charge in [-0.25, -0.2) is 0 Å². The fourth-order valence-corrected chi connectivity index (χ4v) is 4.03. The Labute approximate surface area is 152 Å². The number of halogens is 1. The Hall–Kier alpha value is -1.22. The second kappa shape index (κ2) is 9.31. The molecule has 1 heterocycles. The molecule has 0 amide bonds. The van der Waals surface area contributed by atoms with E-state index in [0.717, 1.165) is 25.1 Å². The van der Waals surface area contributed by atoms with Gasteiger partial charge in [-0.15, -0.1) is 12.4 Å². The van der Waals surface area contributed by atoms with Crippen molar-refractivity contribution in [1.29, 1.82) is 0 Å². The SMILES string of the molecule is COc1cccc(CC2(NC3=NCCCCC3)CCCCC2)c1.Cl. The number of methoxy groups -OCH3 is 1. The minimum atomic E-state index is 0. The molecule has 4 heteroatoms. The van der Waals surface area contributed by atoms with Gasteiger partial charge in [0.05, 0.1) is 12.9 Å². The summed E-state index contributed by atoms with van der Waals surface area (Å²) in [4.78, 5) is 4.82. The summed E-state index contributed by atoms with van der Waals surface area (Å²) >= 11 is 0. The first kappa shape index (κ1) is 19.1. The van der Waals surface area contributed by atoms with Crippen molar-refractivity contribution >= 4 is 18.2 Å². The zero-order valence-corrected chi connectivity index (χ0v) is 15.7. The van der Waals surface area contributed by atoms with Crippen molar-refractivity contribution in [3.63, 3.8) is 0 Å². The number of hydrogen-bond acceptors (Lipinski definition) is 3. The van der Waals surface area contributed by atoms with E-state index in [4.69, 9.17) is 9.73 Å². The van der Waals surface area contributed by atoms with E-state index in [1.54, 1.807) is 7.11 Å². The molecule has 24 heavy (non-hydrogen) atoms. The lowest BCUT2D eigenvalue weighted by Gasteiger charge is -2.39. The van der Waals surface area contributed by atoms with E-state index in [-0.39, 0.29) is 17.9 Å². The van der Waals surface area contributed by atoms with E-state index in [1.807, 2.05) is 6.07 Å². The van der Waals surface area contributed by atoms with Gasteiger partial charge in [0.25, 0.3) is 0 Å². The summed E-state index contributed by atoms with van der Waals surface area (Å²) in [5.41, 5.74) is 1.56. The number of aliphatic imine (C=N–C) groups is 1. The first-order valence-corrected chi connectivity index (χ1v) is 9.24. The third-order valence-electron chi connectivity index (χ3n) is 5.27. The van der Waals surface area contributed by atoms with Crippen LogP contribution in [-0.4, -0.2) is 25.0 Å². The van der Waals surface area contributed by atoms with Gasteiger partial charge >= 0.3 is 0 Å². The molecule has 1 fully saturated rings. The quantitative estimate of drug-likeness (QED) is 0.835. The first-order valence-electron chi connectivity index (χ1n) is 9.24. The van der Waals surface area contributed by atoms with Crippen LogP contribution in [-0.2, 0) is 6.42 Å². The Morgan fingerprint density at radius 1 is 1.08 bits per heavy atom. The number of nitrogens with one attached hydrogen (secondary N) is 1. The summed E-state index contributed by atoms with van der Waals surface area (Å²) in [7, 11) is 1.74. The molecule has 0 unspecified atom stereocenters. The maximum absolute atomic E-state index is 5.40. The molecule has 1 aromatic rings. The first-order chi connectivity index (χ1) is 11.3. The van der Waals surface area contributed by atoms with Crippen LogP contribution in [0.5, 0.6) is 5.75 Å². The molecule has 0 bridgehead atoms. The highest BCUT2D eigenvalue weighted by molar-refractivity contribution is 5.85. The minimum absolute atomic E-state index is 0. The summed E-state index contributed by atoms with van der Waals surface area (Å²) < 4.78 is 5.40. The van der Waals surface area contributed by atoms with E-state index in [0.29, 0.717) is 0 Å². The standard InChI is InChI=1S/C20H30N2O.ClH/c1-23-18-10-8-9-17(15-18)16-20(12-5-3-6-13-20)22-19-11-4-2-7-14-21-19;/h8-10,15H,2-7,11-14,16H2,1H3,(H,21,22);1H. The third-order valence-corrected chi connectivity index (χ3v) is 5.27. The van der Waals surface area contributed by atoms with Gasteiger partial charge in [-0.05, 0) is 49.8 Å². The van der Waals surface area contributed by atoms with Crippen LogP contribution in [0, 0.1) is 0 Å². The summed E-state index contributed by atoms with van der Waals surface area (Å²) in [6.45, 7) is 0.998. The molecular formula is C20H31ClN2O. The van der Waals surface area contributed by atoms with Gasteiger partial charge in [-0.3, -0.25) is 4.99 Å². The summed E-state index contributed by atoms with van der Waals surface area (Å²) in [5, 5.41) is 3.91. The molecule has 0 aromatic heterocycles. The van der Waals surface area contributed by atoms with E-state index >= 15 is 0 Å². The van der Waals surface area contributed by atoms with Crippen molar-refractivity contribution in [3.8, 4) is 5.75 Å². The van der Waals surface area contributed by atoms with Crippen LogP contribution < -0.4 is 10.1 Å². The van der Waals surface area contributed by atoms with Gasteiger partial charge < -0.3 is 10.1 Å². The smallest absolute Gasteiger partial charge is 0.119 e. The molecule has 0 saturated heterocycles. The fraction of sp³-hybridized carbons (Fsp3) is 0.650. The van der Waals surface area contributed by atoms with E-state index < -0.39 is 0 Å². The molecule has 3 nitrogen and oxygen atoms in total. The number of hydrogen-bond donors (Lipinski definition) is 1. The topological polar surface area (TPSA) is 33.6 Å². The fourth-order valence-electron chi connectivity index (χ4n) is 4.03. The van der Waals surface area contributed by atoms with Crippen molar-refractivity contribution in [2.45, 2.75) is 69.7 Å². The molecule has 0 atom stereocenters. The molecule has 1 N–H and O–H groups in total. The summed E-state index contributed by atoms with van der Waals surface area (Å²) in [6, 6.07) is 8.55. The average molecular weight is 351 g/mol. The predicted molar refractivity (Wildman–Crippen MR) is 104 cm³/mol. The van der Waals surface area contributed by atoms with Gasteiger partial charge in [0, 0.05) is 18.5 Å². The number of benzene rings is 1. The highest BCUT2D eigenvalue weighted by Crippen LogP contribution is 2.32. The van der Waals surface area contributed by atoms with Gasteiger partial charge in [0.1, 0.15) is 5.75 Å². The Balaban J connectivity index is 0.00000208. The van der Waals surface area contributed by atoms with Gasteiger partial charge in [-0.1, -0.05) is 37.8 Å². The Kier molecular flexibility index (Phi) is 7.41. The van der Waals surface area contributed by atoms with Gasteiger partial charge in [0.15, 0.2) is 0 Å². The Bertz CT molecular complexity index is 538. The lowest BCUT2D eigenvalue weighted by atomic mass is 9.77. The Morgan fingerprint density at radius 2 is 1.88 bits per heavy atom. The average Bonchev–Trinajstić information content (AvgIpc) is 2.84. The molecule has 1 aromatic carbocycles. The summed E-state index contributed by atoms with van der Waals surface area (Å²) in [6.07, 6.45) is 12.6. The monoisotopic (exact) mass is 350 g/mol. The maximum atomic E-state index is 5.40. The molecule has 0 radical (unpaired) electrons. The second-order valence-electron chi connectivity index (χ2n) is 7.13. The lowest BCUT2D eigenvalue weighted by molar-refractivity contribution is 0.261. The number of nitrogens with zero attached hydrogens (tertiary/aromatic N) is 1. The minimum Gasteiger partial charge on any atom is -0.497 e. The van der Waals surface area contributed by atoms with Crippen LogP contribution in [0.25, 0.3) is 0 Å². The van der Waals surface area contributed by atoms with Crippen molar-refractivity contribution < 1.29 is 4.74 Å². The van der Waals surface area contributed by atoms with Crippen LogP contribution in [0.2, 0.25) is 0 Å². The zero-order chi connectivity index (χ0) is 16.0. The molecule has 1 aliphatic heterocycles. The molecule has 134 valence electrons. The number of amidine groups is 1. The normalized spacial score (nSPS) is 20.3.